The van der Waals surface area contributed by atoms with Gasteiger partial charge in [-0.15, -0.1) is 0 Å². The SMILES string of the molecule is CC(=O)Nc1cc(F)ncc1C(=O)O. The Balaban J connectivity index is 3.15. The third-order valence-corrected chi connectivity index (χ3v) is 1.41. The van der Waals surface area contributed by atoms with E-state index in [4.69, 9.17) is 5.11 Å². The van der Waals surface area contributed by atoms with Gasteiger partial charge in [0.1, 0.15) is 5.56 Å². The van der Waals surface area contributed by atoms with E-state index in [9.17, 15) is 14.0 Å². The van der Waals surface area contributed by atoms with Crippen molar-refractivity contribution in [2.24, 2.45) is 0 Å². The second-order valence-corrected chi connectivity index (χ2v) is 2.54. The maximum absolute atomic E-state index is 12.6. The van der Waals surface area contributed by atoms with Gasteiger partial charge in [0.25, 0.3) is 0 Å². The van der Waals surface area contributed by atoms with Gasteiger partial charge in [-0.05, 0) is 0 Å². The maximum Gasteiger partial charge on any atom is 0.339 e. The van der Waals surface area contributed by atoms with E-state index in [-0.39, 0.29) is 11.3 Å². The van der Waals surface area contributed by atoms with Crippen LogP contribution in [-0.2, 0) is 4.79 Å². The Kier molecular flexibility index (Phi) is 2.76. The van der Waals surface area contributed by atoms with Gasteiger partial charge in [0.05, 0.1) is 5.69 Å². The zero-order chi connectivity index (χ0) is 10.7. The molecule has 0 atom stereocenters. The van der Waals surface area contributed by atoms with E-state index in [1.54, 1.807) is 0 Å². The molecule has 1 rings (SSSR count). The highest BCUT2D eigenvalue weighted by Crippen LogP contribution is 2.14. The molecule has 0 saturated carbocycles. The Morgan fingerprint density at radius 3 is 2.71 bits per heavy atom. The van der Waals surface area contributed by atoms with Gasteiger partial charge in [0, 0.05) is 19.2 Å². The quantitative estimate of drug-likeness (QED) is 0.691. The lowest BCUT2D eigenvalue weighted by Crippen LogP contribution is -2.11. The van der Waals surface area contributed by atoms with E-state index in [2.05, 4.69) is 10.3 Å². The molecule has 0 saturated heterocycles. The zero-order valence-corrected chi connectivity index (χ0v) is 7.24. The Labute approximate surface area is 78.6 Å². The molecule has 0 radical (unpaired) electrons. The molecule has 0 unspecified atom stereocenters. The van der Waals surface area contributed by atoms with Gasteiger partial charge >= 0.3 is 5.97 Å². The summed E-state index contributed by atoms with van der Waals surface area (Å²) >= 11 is 0. The predicted molar refractivity (Wildman–Crippen MR) is 45.5 cm³/mol. The monoisotopic (exact) mass is 198 g/mol. The topological polar surface area (TPSA) is 79.3 Å². The van der Waals surface area contributed by atoms with Crippen LogP contribution in [0.2, 0.25) is 0 Å². The van der Waals surface area contributed by atoms with E-state index in [0.717, 1.165) is 12.3 Å². The first kappa shape index (κ1) is 10.1. The van der Waals surface area contributed by atoms with E-state index in [0.29, 0.717) is 0 Å². The number of carboxylic acid groups (broad SMARTS) is 1. The van der Waals surface area contributed by atoms with E-state index < -0.39 is 17.8 Å². The Bertz CT molecular complexity index is 392. The molecule has 1 amide bonds. The molecule has 0 aromatic carbocycles. The lowest BCUT2D eigenvalue weighted by atomic mass is 10.2. The van der Waals surface area contributed by atoms with Crippen molar-refractivity contribution in [2.75, 3.05) is 5.32 Å². The molecule has 0 aliphatic rings. The highest BCUT2D eigenvalue weighted by Gasteiger charge is 2.12. The fourth-order valence-electron chi connectivity index (χ4n) is 0.893. The number of amides is 1. The van der Waals surface area contributed by atoms with Crippen molar-refractivity contribution in [1.82, 2.24) is 4.98 Å². The van der Waals surface area contributed by atoms with E-state index in [1.807, 2.05) is 0 Å². The van der Waals surface area contributed by atoms with Crippen LogP contribution in [0, 0.1) is 5.95 Å². The summed E-state index contributed by atoms with van der Waals surface area (Å²) in [4.78, 5) is 24.4. The highest BCUT2D eigenvalue weighted by molar-refractivity contribution is 5.99. The summed E-state index contributed by atoms with van der Waals surface area (Å²) in [5.41, 5.74) is -0.348. The number of nitrogens with one attached hydrogen (secondary N) is 1. The molecule has 14 heavy (non-hydrogen) atoms. The van der Waals surface area contributed by atoms with Gasteiger partial charge in [-0.2, -0.15) is 4.39 Å². The lowest BCUT2D eigenvalue weighted by Gasteiger charge is -2.05. The van der Waals surface area contributed by atoms with Crippen LogP contribution < -0.4 is 5.32 Å². The van der Waals surface area contributed by atoms with Crippen LogP contribution in [0.4, 0.5) is 10.1 Å². The number of halogens is 1. The summed E-state index contributed by atoms with van der Waals surface area (Å²) < 4.78 is 12.6. The third kappa shape index (κ3) is 2.25. The van der Waals surface area contributed by atoms with Crippen molar-refractivity contribution in [3.05, 3.63) is 23.8 Å². The molecule has 1 heterocycles. The smallest absolute Gasteiger partial charge is 0.339 e. The predicted octanol–water partition coefficient (Wildman–Crippen LogP) is 0.877. The van der Waals surface area contributed by atoms with Crippen LogP contribution in [0.3, 0.4) is 0 Å². The van der Waals surface area contributed by atoms with Crippen molar-refractivity contribution in [2.45, 2.75) is 6.92 Å². The standard InChI is InChI=1S/C8H7FN2O3/c1-4(12)11-6-2-7(9)10-3-5(6)8(13)14/h2-3H,1H3,(H,13,14)(H,10,11,12). The molecule has 1 aromatic rings. The summed E-state index contributed by atoms with van der Waals surface area (Å²) in [6.07, 6.45) is 0.850. The number of carboxylic acids is 1. The highest BCUT2D eigenvalue weighted by atomic mass is 19.1. The fourth-order valence-corrected chi connectivity index (χ4v) is 0.893. The number of anilines is 1. The van der Waals surface area contributed by atoms with E-state index in [1.165, 1.54) is 6.92 Å². The van der Waals surface area contributed by atoms with Crippen LogP contribution >= 0.6 is 0 Å². The molecule has 1 aromatic heterocycles. The minimum absolute atomic E-state index is 0.0995. The molecular formula is C8H7FN2O3. The van der Waals surface area contributed by atoms with Gasteiger partial charge in [0.2, 0.25) is 11.9 Å². The van der Waals surface area contributed by atoms with Gasteiger partial charge in [-0.1, -0.05) is 0 Å². The number of rotatable bonds is 2. The molecule has 0 aliphatic heterocycles. The van der Waals surface area contributed by atoms with Gasteiger partial charge < -0.3 is 10.4 Å². The molecule has 74 valence electrons. The van der Waals surface area contributed by atoms with Crippen LogP contribution in [0.25, 0.3) is 0 Å². The van der Waals surface area contributed by atoms with Gasteiger partial charge in [0.15, 0.2) is 0 Å². The largest absolute Gasteiger partial charge is 0.478 e. The number of pyridine rings is 1. The van der Waals surface area contributed by atoms with E-state index >= 15 is 0 Å². The van der Waals surface area contributed by atoms with Crippen LogP contribution in [-0.4, -0.2) is 22.0 Å². The molecule has 0 aliphatic carbocycles. The van der Waals surface area contributed by atoms with Crippen LogP contribution in [0.5, 0.6) is 0 Å². The van der Waals surface area contributed by atoms with Crippen molar-refractivity contribution < 1.29 is 19.1 Å². The fraction of sp³-hybridized carbons (Fsp3) is 0.125. The van der Waals surface area contributed by atoms with Crippen molar-refractivity contribution in [1.29, 1.82) is 0 Å². The number of aromatic nitrogens is 1. The molecule has 0 bridgehead atoms. The number of carbonyl (C=O) groups excluding carboxylic acids is 1. The van der Waals surface area contributed by atoms with Crippen molar-refractivity contribution in [3.63, 3.8) is 0 Å². The summed E-state index contributed by atoms with van der Waals surface area (Å²) in [6.45, 7) is 1.20. The molecule has 5 nitrogen and oxygen atoms in total. The van der Waals surface area contributed by atoms with Gasteiger partial charge in [-0.25, -0.2) is 9.78 Å². The maximum atomic E-state index is 12.6. The number of hydrogen-bond acceptors (Lipinski definition) is 3. The minimum atomic E-state index is -1.28. The second kappa shape index (κ2) is 3.82. The number of carbonyl (C=O) groups is 2. The molecular weight excluding hydrogens is 191 g/mol. The summed E-state index contributed by atoms with van der Waals surface area (Å²) in [6, 6.07) is 0.852. The molecule has 6 heteroatoms. The summed E-state index contributed by atoms with van der Waals surface area (Å²) in [5, 5.41) is 10.9. The number of hydrogen-bond donors (Lipinski definition) is 2. The Hall–Kier alpha value is -1.98. The first-order valence-electron chi connectivity index (χ1n) is 3.67. The zero-order valence-electron chi connectivity index (χ0n) is 7.24. The number of nitrogens with zero attached hydrogens (tertiary/aromatic N) is 1. The van der Waals surface area contributed by atoms with Crippen molar-refractivity contribution in [3.8, 4) is 0 Å². The third-order valence-electron chi connectivity index (χ3n) is 1.41. The van der Waals surface area contributed by atoms with Crippen molar-refractivity contribution >= 4 is 17.6 Å². The minimum Gasteiger partial charge on any atom is -0.478 e. The Morgan fingerprint density at radius 1 is 1.57 bits per heavy atom. The molecule has 2 N–H and O–H groups in total. The lowest BCUT2D eigenvalue weighted by molar-refractivity contribution is -0.114. The second-order valence-electron chi connectivity index (χ2n) is 2.54. The number of aromatic carboxylic acids is 1. The molecule has 0 spiro atoms. The van der Waals surface area contributed by atoms with Crippen LogP contribution in [0.15, 0.2) is 12.3 Å². The first-order chi connectivity index (χ1) is 6.50. The van der Waals surface area contributed by atoms with Gasteiger partial charge in [-0.3, -0.25) is 4.79 Å². The average Bonchev–Trinajstić information content (AvgIpc) is 2.01. The summed E-state index contributed by atoms with van der Waals surface area (Å²) in [5.74, 6) is -2.60. The Morgan fingerprint density at radius 2 is 2.21 bits per heavy atom. The molecule has 0 fully saturated rings. The normalized spacial score (nSPS) is 9.57. The van der Waals surface area contributed by atoms with Crippen LogP contribution in [0.1, 0.15) is 17.3 Å². The first-order valence-corrected chi connectivity index (χ1v) is 3.67. The average molecular weight is 198 g/mol. The summed E-state index contributed by atoms with van der Waals surface area (Å²) in [7, 11) is 0.